The molecule has 0 unspecified atom stereocenters. The first kappa shape index (κ1) is 36.5. The van der Waals surface area contributed by atoms with Gasteiger partial charge in [0, 0.05) is 44.3 Å². The van der Waals surface area contributed by atoms with E-state index in [1.165, 1.54) is 49.6 Å². The molecule has 63 heavy (non-hydrogen) atoms. The molecule has 0 N–H and O–H groups in total. The Morgan fingerprint density at radius 1 is 0.286 bits per heavy atom. The highest BCUT2D eigenvalue weighted by molar-refractivity contribution is 6.09. The van der Waals surface area contributed by atoms with Gasteiger partial charge in [-0.2, -0.15) is 0 Å². The predicted molar refractivity (Wildman–Crippen MR) is 264 cm³/mol. The van der Waals surface area contributed by atoms with Crippen molar-refractivity contribution >= 4 is 60.8 Å². The molecule has 0 saturated carbocycles. The Morgan fingerprint density at radius 2 is 0.746 bits per heavy atom. The van der Waals surface area contributed by atoms with E-state index in [0.717, 1.165) is 61.4 Å². The number of para-hydroxylation sites is 3. The number of hydrogen-bond acceptors (Lipinski definition) is 2. The number of furan rings is 1. The molecule has 12 rings (SSSR count). The minimum absolute atomic E-state index is 0.898. The summed E-state index contributed by atoms with van der Waals surface area (Å²) in [6.45, 7) is 0. The van der Waals surface area contributed by atoms with Crippen molar-refractivity contribution in [2.45, 2.75) is 0 Å². The number of anilines is 3. The molecule has 12 aromatic rings. The van der Waals surface area contributed by atoms with Crippen LogP contribution in [0.3, 0.4) is 0 Å². The first-order chi connectivity index (χ1) is 31.2. The van der Waals surface area contributed by atoms with Crippen LogP contribution in [0.4, 0.5) is 17.1 Å². The SMILES string of the molecule is c1ccc(-c2ccc(N(c3ccc(-c4cccc(-n5c6ccccc6c6ccccc65)c4)cc3)c3ccc(-c4ccccc4-c4ccc5c(c4)oc4ccccc45)cc3)cc2)cc1. The third-order valence-corrected chi connectivity index (χ3v) is 12.4. The molecule has 0 spiro atoms. The van der Waals surface area contributed by atoms with E-state index >= 15 is 0 Å². The molecule has 10 aromatic carbocycles. The molecule has 0 bridgehead atoms. The summed E-state index contributed by atoms with van der Waals surface area (Å²) < 4.78 is 8.67. The molecule has 0 radical (unpaired) electrons. The Balaban J connectivity index is 0.906. The second-order valence-electron chi connectivity index (χ2n) is 16.1. The average molecular weight is 805 g/mol. The lowest BCUT2D eigenvalue weighted by Gasteiger charge is -2.26. The maximum absolute atomic E-state index is 6.29. The van der Waals surface area contributed by atoms with Crippen LogP contribution in [0.1, 0.15) is 0 Å². The predicted octanol–water partition coefficient (Wildman–Crippen LogP) is 16.8. The quantitative estimate of drug-likeness (QED) is 0.153. The maximum atomic E-state index is 6.29. The largest absolute Gasteiger partial charge is 0.456 e. The van der Waals surface area contributed by atoms with Crippen molar-refractivity contribution in [3.05, 3.63) is 243 Å². The van der Waals surface area contributed by atoms with E-state index in [1.54, 1.807) is 0 Å². The van der Waals surface area contributed by atoms with Crippen LogP contribution in [0.2, 0.25) is 0 Å². The van der Waals surface area contributed by atoms with Gasteiger partial charge in [0.15, 0.2) is 0 Å². The normalized spacial score (nSPS) is 11.5. The van der Waals surface area contributed by atoms with Crippen LogP contribution >= 0.6 is 0 Å². The van der Waals surface area contributed by atoms with Gasteiger partial charge in [0.2, 0.25) is 0 Å². The van der Waals surface area contributed by atoms with Crippen molar-refractivity contribution in [1.82, 2.24) is 4.57 Å². The summed E-state index contributed by atoms with van der Waals surface area (Å²) in [5.74, 6) is 0. The standard InChI is InChI=1S/C60H40N2O/c1-2-13-41(14-3-1)42-25-32-47(33-26-42)61(48-34-27-43(28-35-48)45-15-12-16-50(39-45)62-57-22-9-6-19-53(57)54-20-7-10-23-58(54)62)49-36-29-44(30-37-49)51-17-4-5-18-52(51)46-31-38-56-55-21-8-11-24-59(55)63-60(56)40-46/h1-40H. The minimum Gasteiger partial charge on any atom is -0.456 e. The average Bonchev–Trinajstić information content (AvgIpc) is 3.91. The van der Waals surface area contributed by atoms with Crippen LogP contribution in [0.5, 0.6) is 0 Å². The fraction of sp³-hybridized carbons (Fsp3) is 0. The molecule has 0 atom stereocenters. The third-order valence-electron chi connectivity index (χ3n) is 12.4. The second kappa shape index (κ2) is 15.3. The van der Waals surface area contributed by atoms with Gasteiger partial charge in [0.05, 0.1) is 11.0 Å². The first-order valence-electron chi connectivity index (χ1n) is 21.5. The van der Waals surface area contributed by atoms with E-state index < -0.39 is 0 Å². The van der Waals surface area contributed by atoms with Gasteiger partial charge in [-0.25, -0.2) is 0 Å². The Kier molecular flexibility index (Phi) is 8.83. The van der Waals surface area contributed by atoms with Gasteiger partial charge in [0.25, 0.3) is 0 Å². The number of nitrogens with zero attached hydrogens (tertiary/aromatic N) is 2. The van der Waals surface area contributed by atoms with Gasteiger partial charge in [-0.15, -0.1) is 0 Å². The van der Waals surface area contributed by atoms with Crippen molar-refractivity contribution in [3.8, 4) is 50.2 Å². The van der Waals surface area contributed by atoms with E-state index in [1.807, 2.05) is 12.1 Å². The van der Waals surface area contributed by atoms with Crippen LogP contribution in [-0.4, -0.2) is 4.57 Å². The van der Waals surface area contributed by atoms with E-state index in [4.69, 9.17) is 4.42 Å². The molecule has 0 saturated heterocycles. The molecule has 3 nitrogen and oxygen atoms in total. The second-order valence-corrected chi connectivity index (χ2v) is 16.1. The zero-order chi connectivity index (χ0) is 41.7. The fourth-order valence-corrected chi connectivity index (χ4v) is 9.38. The first-order valence-corrected chi connectivity index (χ1v) is 21.5. The lowest BCUT2D eigenvalue weighted by atomic mass is 9.94. The molecule has 2 heterocycles. The summed E-state index contributed by atoms with van der Waals surface area (Å²) >= 11 is 0. The number of fused-ring (bicyclic) bond motifs is 6. The Labute approximate surface area is 366 Å². The summed E-state index contributed by atoms with van der Waals surface area (Å²) in [5.41, 5.74) is 17.9. The van der Waals surface area contributed by atoms with Crippen LogP contribution in [-0.2, 0) is 0 Å². The van der Waals surface area contributed by atoms with Crippen LogP contribution < -0.4 is 4.90 Å². The molecular weight excluding hydrogens is 765 g/mol. The smallest absolute Gasteiger partial charge is 0.136 e. The van der Waals surface area contributed by atoms with Crippen molar-refractivity contribution in [3.63, 3.8) is 0 Å². The monoisotopic (exact) mass is 804 g/mol. The van der Waals surface area contributed by atoms with Crippen LogP contribution in [0.15, 0.2) is 247 Å². The van der Waals surface area contributed by atoms with Gasteiger partial charge in [-0.1, -0.05) is 164 Å². The molecular formula is C60H40N2O. The van der Waals surface area contributed by atoms with Crippen molar-refractivity contribution in [2.24, 2.45) is 0 Å². The Bertz CT molecular complexity index is 3550. The zero-order valence-electron chi connectivity index (χ0n) is 34.4. The highest BCUT2D eigenvalue weighted by Crippen LogP contribution is 2.41. The molecule has 0 aliphatic rings. The summed E-state index contributed by atoms with van der Waals surface area (Å²) in [4.78, 5) is 2.35. The fourth-order valence-electron chi connectivity index (χ4n) is 9.38. The molecule has 2 aromatic heterocycles. The summed E-state index contributed by atoms with van der Waals surface area (Å²) in [6, 6.07) is 87.1. The van der Waals surface area contributed by atoms with Gasteiger partial charge in [-0.3, -0.25) is 0 Å². The topological polar surface area (TPSA) is 21.3 Å². The van der Waals surface area contributed by atoms with Gasteiger partial charge >= 0.3 is 0 Å². The van der Waals surface area contributed by atoms with Gasteiger partial charge in [-0.05, 0) is 123 Å². The molecule has 3 heteroatoms. The Morgan fingerprint density at radius 3 is 1.40 bits per heavy atom. The number of aromatic nitrogens is 1. The van der Waals surface area contributed by atoms with E-state index in [-0.39, 0.29) is 0 Å². The lowest BCUT2D eigenvalue weighted by Crippen LogP contribution is -2.09. The van der Waals surface area contributed by atoms with Gasteiger partial charge < -0.3 is 13.9 Å². The van der Waals surface area contributed by atoms with Crippen molar-refractivity contribution < 1.29 is 4.42 Å². The minimum atomic E-state index is 0.898. The lowest BCUT2D eigenvalue weighted by molar-refractivity contribution is 0.669. The molecule has 0 aliphatic heterocycles. The summed E-state index contributed by atoms with van der Waals surface area (Å²) in [7, 11) is 0. The summed E-state index contributed by atoms with van der Waals surface area (Å²) in [5, 5.41) is 4.80. The zero-order valence-corrected chi connectivity index (χ0v) is 34.4. The molecule has 0 fully saturated rings. The Hall–Kier alpha value is -8.40. The van der Waals surface area contributed by atoms with Crippen LogP contribution in [0, 0.1) is 0 Å². The van der Waals surface area contributed by atoms with Crippen molar-refractivity contribution in [2.75, 3.05) is 4.90 Å². The number of benzene rings is 10. The number of hydrogen-bond donors (Lipinski definition) is 0. The molecule has 0 aliphatic carbocycles. The van der Waals surface area contributed by atoms with Crippen molar-refractivity contribution in [1.29, 1.82) is 0 Å². The highest BCUT2D eigenvalue weighted by atomic mass is 16.3. The van der Waals surface area contributed by atoms with E-state index in [2.05, 4.69) is 240 Å². The maximum Gasteiger partial charge on any atom is 0.136 e. The van der Waals surface area contributed by atoms with Crippen LogP contribution in [0.25, 0.3) is 93.9 Å². The van der Waals surface area contributed by atoms with Gasteiger partial charge in [0.1, 0.15) is 11.2 Å². The van der Waals surface area contributed by atoms with E-state index in [9.17, 15) is 0 Å². The molecule has 0 amide bonds. The number of rotatable bonds is 8. The molecule has 296 valence electrons. The van der Waals surface area contributed by atoms with E-state index in [0.29, 0.717) is 0 Å². The highest BCUT2D eigenvalue weighted by Gasteiger charge is 2.17. The third kappa shape index (κ3) is 6.46. The summed E-state index contributed by atoms with van der Waals surface area (Å²) in [6.07, 6.45) is 0.